The molecule has 0 N–H and O–H groups in total. The highest BCUT2D eigenvalue weighted by molar-refractivity contribution is 5.93. The molecule has 0 atom stereocenters. The lowest BCUT2D eigenvalue weighted by molar-refractivity contribution is -0.120. The molecule has 2 rings (SSSR count). The molecule has 4 heteroatoms. The Balaban J connectivity index is 1.97. The molecule has 0 fully saturated rings. The number of ether oxygens (including phenoxy) is 1. The highest BCUT2D eigenvalue weighted by Crippen LogP contribution is 2.16. The van der Waals surface area contributed by atoms with E-state index in [1.165, 1.54) is 4.90 Å². The topological polar surface area (TPSA) is 42.4 Å². The molecule has 0 saturated heterocycles. The van der Waals surface area contributed by atoms with Gasteiger partial charge in [-0.25, -0.2) is 0 Å². The molecule has 0 radical (unpaired) electrons. The molecular weight excluding hydrogens is 240 g/mol. The van der Waals surface area contributed by atoms with Gasteiger partial charge in [0.05, 0.1) is 11.9 Å². The Morgan fingerprint density at radius 1 is 1.26 bits per heavy atom. The number of nitrogens with zero attached hydrogens (tertiary/aromatic N) is 2. The zero-order valence-corrected chi connectivity index (χ0v) is 11.0. The van der Waals surface area contributed by atoms with Crippen molar-refractivity contribution in [1.82, 2.24) is 4.98 Å². The molecule has 0 aliphatic rings. The number of carbonyl (C=O) groups is 1. The largest absolute Gasteiger partial charge is 0.483 e. The van der Waals surface area contributed by atoms with E-state index in [0.717, 1.165) is 17.0 Å². The van der Waals surface area contributed by atoms with Crippen LogP contribution in [0.2, 0.25) is 0 Å². The summed E-state index contributed by atoms with van der Waals surface area (Å²) in [6.45, 7) is 1.96. The number of carbonyl (C=O) groups excluding carboxylic acids is 1. The highest BCUT2D eigenvalue weighted by Gasteiger charge is 2.12. The third kappa shape index (κ3) is 3.31. The second-order valence-corrected chi connectivity index (χ2v) is 4.22. The summed E-state index contributed by atoms with van der Waals surface area (Å²) >= 11 is 0. The number of aryl methyl sites for hydroxylation is 1. The van der Waals surface area contributed by atoms with Crippen LogP contribution in [0.3, 0.4) is 0 Å². The Morgan fingerprint density at radius 3 is 2.74 bits per heavy atom. The highest BCUT2D eigenvalue weighted by atomic mass is 16.5. The molecule has 1 heterocycles. The van der Waals surface area contributed by atoms with Crippen molar-refractivity contribution in [2.45, 2.75) is 6.92 Å². The number of rotatable bonds is 4. The number of amides is 1. The van der Waals surface area contributed by atoms with Gasteiger partial charge in [0.2, 0.25) is 0 Å². The fraction of sp³-hybridized carbons (Fsp3) is 0.200. The average Bonchev–Trinajstić information content (AvgIpc) is 2.46. The molecule has 0 saturated carbocycles. The maximum atomic E-state index is 12.0. The number of pyridine rings is 1. The van der Waals surface area contributed by atoms with E-state index >= 15 is 0 Å². The number of anilines is 1. The molecule has 1 amide bonds. The molecule has 0 spiro atoms. The number of likely N-dealkylation sites (N-methyl/N-ethyl adjacent to an activating group) is 1. The van der Waals surface area contributed by atoms with Crippen molar-refractivity contribution in [2.24, 2.45) is 0 Å². The van der Waals surface area contributed by atoms with Gasteiger partial charge in [0.25, 0.3) is 5.91 Å². The monoisotopic (exact) mass is 256 g/mol. The third-order valence-corrected chi connectivity index (χ3v) is 2.85. The zero-order valence-electron chi connectivity index (χ0n) is 11.0. The van der Waals surface area contributed by atoms with Crippen LogP contribution in [0.1, 0.15) is 5.56 Å². The van der Waals surface area contributed by atoms with Gasteiger partial charge in [0.15, 0.2) is 6.61 Å². The Kier molecular flexibility index (Phi) is 4.13. The quantitative estimate of drug-likeness (QED) is 0.843. The fourth-order valence-electron chi connectivity index (χ4n) is 1.65. The van der Waals surface area contributed by atoms with Crippen LogP contribution >= 0.6 is 0 Å². The normalized spacial score (nSPS) is 10.0. The van der Waals surface area contributed by atoms with Crippen molar-refractivity contribution in [3.8, 4) is 5.75 Å². The van der Waals surface area contributed by atoms with E-state index in [4.69, 9.17) is 4.74 Å². The molecule has 0 aliphatic heterocycles. The number of para-hydroxylation sites is 1. The standard InChI is InChI=1S/C15H16N2O2/c1-12-6-3-4-8-14(12)19-11-15(18)17(2)13-7-5-9-16-10-13/h3-10H,11H2,1-2H3. The Bertz CT molecular complexity index is 555. The first-order chi connectivity index (χ1) is 9.18. The van der Waals surface area contributed by atoms with Crippen molar-refractivity contribution in [1.29, 1.82) is 0 Å². The van der Waals surface area contributed by atoms with Crippen LogP contribution in [-0.4, -0.2) is 24.5 Å². The van der Waals surface area contributed by atoms with Crippen molar-refractivity contribution in [3.63, 3.8) is 0 Å². The summed E-state index contributed by atoms with van der Waals surface area (Å²) in [6.07, 6.45) is 3.32. The first kappa shape index (κ1) is 13.1. The van der Waals surface area contributed by atoms with Gasteiger partial charge < -0.3 is 9.64 Å². The van der Waals surface area contributed by atoms with E-state index in [1.54, 1.807) is 25.5 Å². The maximum absolute atomic E-state index is 12.0. The Morgan fingerprint density at radius 2 is 2.05 bits per heavy atom. The number of hydrogen-bond donors (Lipinski definition) is 0. The van der Waals surface area contributed by atoms with Crippen molar-refractivity contribution in [3.05, 3.63) is 54.4 Å². The minimum atomic E-state index is -0.115. The molecule has 4 nitrogen and oxygen atoms in total. The zero-order chi connectivity index (χ0) is 13.7. The lowest BCUT2D eigenvalue weighted by Crippen LogP contribution is -2.31. The van der Waals surface area contributed by atoms with Crippen LogP contribution in [0.4, 0.5) is 5.69 Å². The summed E-state index contributed by atoms with van der Waals surface area (Å²) in [5.74, 6) is 0.617. The second-order valence-electron chi connectivity index (χ2n) is 4.22. The molecule has 98 valence electrons. The molecule has 1 aromatic heterocycles. The van der Waals surface area contributed by atoms with Gasteiger partial charge >= 0.3 is 0 Å². The van der Waals surface area contributed by atoms with E-state index in [-0.39, 0.29) is 12.5 Å². The predicted octanol–water partition coefficient (Wildman–Crippen LogP) is 2.43. The maximum Gasteiger partial charge on any atom is 0.264 e. The van der Waals surface area contributed by atoms with Crippen LogP contribution in [-0.2, 0) is 4.79 Å². The first-order valence-electron chi connectivity index (χ1n) is 6.03. The van der Waals surface area contributed by atoms with Gasteiger partial charge in [-0.2, -0.15) is 0 Å². The number of aromatic nitrogens is 1. The molecule has 0 unspecified atom stereocenters. The summed E-state index contributed by atoms with van der Waals surface area (Å²) in [7, 11) is 1.71. The van der Waals surface area contributed by atoms with Crippen molar-refractivity contribution < 1.29 is 9.53 Å². The number of benzene rings is 1. The second kappa shape index (κ2) is 6.00. The van der Waals surface area contributed by atoms with E-state index in [2.05, 4.69) is 4.98 Å². The predicted molar refractivity (Wildman–Crippen MR) is 74.3 cm³/mol. The van der Waals surface area contributed by atoms with Gasteiger partial charge in [-0.05, 0) is 30.7 Å². The molecular formula is C15H16N2O2. The SMILES string of the molecule is Cc1ccccc1OCC(=O)N(C)c1cccnc1. The molecule has 1 aromatic carbocycles. The summed E-state index contributed by atoms with van der Waals surface area (Å²) in [5, 5.41) is 0. The molecule has 2 aromatic rings. The summed E-state index contributed by atoms with van der Waals surface area (Å²) in [4.78, 5) is 17.5. The summed E-state index contributed by atoms with van der Waals surface area (Å²) < 4.78 is 5.53. The van der Waals surface area contributed by atoms with Crippen LogP contribution in [0, 0.1) is 6.92 Å². The first-order valence-corrected chi connectivity index (χ1v) is 6.03. The molecule has 0 bridgehead atoms. The molecule has 0 aliphatic carbocycles. The number of hydrogen-bond acceptors (Lipinski definition) is 3. The van der Waals surface area contributed by atoms with E-state index in [0.29, 0.717) is 0 Å². The third-order valence-electron chi connectivity index (χ3n) is 2.85. The van der Waals surface area contributed by atoms with E-state index < -0.39 is 0 Å². The van der Waals surface area contributed by atoms with E-state index in [1.807, 2.05) is 37.3 Å². The van der Waals surface area contributed by atoms with Gasteiger partial charge in [-0.1, -0.05) is 18.2 Å². The van der Waals surface area contributed by atoms with Gasteiger partial charge in [0, 0.05) is 13.2 Å². The smallest absolute Gasteiger partial charge is 0.264 e. The lowest BCUT2D eigenvalue weighted by atomic mass is 10.2. The summed E-state index contributed by atoms with van der Waals surface area (Å²) in [6, 6.07) is 11.3. The van der Waals surface area contributed by atoms with Crippen LogP contribution in [0.15, 0.2) is 48.8 Å². The minimum Gasteiger partial charge on any atom is -0.483 e. The van der Waals surface area contributed by atoms with Crippen molar-refractivity contribution >= 4 is 11.6 Å². The Labute approximate surface area is 112 Å². The van der Waals surface area contributed by atoms with Gasteiger partial charge in [0.1, 0.15) is 5.75 Å². The van der Waals surface area contributed by atoms with E-state index in [9.17, 15) is 4.79 Å². The van der Waals surface area contributed by atoms with Crippen molar-refractivity contribution in [2.75, 3.05) is 18.6 Å². The van der Waals surface area contributed by atoms with Gasteiger partial charge in [-0.15, -0.1) is 0 Å². The minimum absolute atomic E-state index is 0.0102. The van der Waals surface area contributed by atoms with Gasteiger partial charge in [-0.3, -0.25) is 9.78 Å². The fourth-order valence-corrected chi connectivity index (χ4v) is 1.65. The lowest BCUT2D eigenvalue weighted by Gasteiger charge is -2.17. The van der Waals surface area contributed by atoms with Crippen LogP contribution < -0.4 is 9.64 Å². The summed E-state index contributed by atoms with van der Waals surface area (Å²) in [5.41, 5.74) is 1.76. The van der Waals surface area contributed by atoms with Crippen LogP contribution in [0.5, 0.6) is 5.75 Å². The Hall–Kier alpha value is -2.36. The average molecular weight is 256 g/mol. The molecule has 19 heavy (non-hydrogen) atoms. The van der Waals surface area contributed by atoms with Crippen LogP contribution in [0.25, 0.3) is 0 Å².